The number of hydrogen-bond donors (Lipinski definition) is 1. The van der Waals surface area contributed by atoms with E-state index in [1.165, 1.54) is 6.42 Å². The minimum absolute atomic E-state index is 0.309. The van der Waals surface area contributed by atoms with E-state index in [1.54, 1.807) is 6.20 Å². The zero-order valence-corrected chi connectivity index (χ0v) is 12.2. The van der Waals surface area contributed by atoms with Crippen molar-refractivity contribution in [2.45, 2.75) is 39.2 Å². The Morgan fingerprint density at radius 3 is 2.40 bits per heavy atom. The van der Waals surface area contributed by atoms with Crippen molar-refractivity contribution in [3.63, 3.8) is 0 Å². The molecule has 2 aromatic rings. The molecule has 3 nitrogen and oxygen atoms in total. The van der Waals surface area contributed by atoms with Crippen molar-refractivity contribution in [3.8, 4) is 0 Å². The summed E-state index contributed by atoms with van der Waals surface area (Å²) in [5, 5.41) is 10.6. The topological polar surface area (TPSA) is 46.0 Å². The number of aromatic nitrogens is 2. The first-order valence-corrected chi connectivity index (χ1v) is 7.53. The highest BCUT2D eigenvalue weighted by atomic mass is 16.3. The summed E-state index contributed by atoms with van der Waals surface area (Å²) < 4.78 is 0. The van der Waals surface area contributed by atoms with E-state index in [-0.39, 0.29) is 0 Å². The molecule has 0 aliphatic heterocycles. The predicted octanol–water partition coefficient (Wildman–Crippen LogP) is 3.74. The summed E-state index contributed by atoms with van der Waals surface area (Å²) in [7, 11) is 0. The third-order valence-electron chi connectivity index (χ3n) is 4.43. The molecule has 0 amide bonds. The summed E-state index contributed by atoms with van der Waals surface area (Å²) in [6, 6.07) is 7.81. The molecule has 1 aliphatic carbocycles. The van der Waals surface area contributed by atoms with Crippen LogP contribution in [0.4, 0.5) is 0 Å². The number of benzene rings is 1. The van der Waals surface area contributed by atoms with Gasteiger partial charge in [0.1, 0.15) is 6.10 Å². The predicted molar refractivity (Wildman–Crippen MR) is 80.2 cm³/mol. The number of nitrogens with zero attached hydrogens (tertiary/aromatic N) is 2. The second-order valence-corrected chi connectivity index (χ2v) is 6.41. The molecule has 0 saturated heterocycles. The number of aliphatic hydroxyl groups excluding tert-OH is 1. The Hall–Kier alpha value is -1.48. The molecule has 1 heterocycles. The van der Waals surface area contributed by atoms with Gasteiger partial charge < -0.3 is 5.11 Å². The second kappa shape index (κ2) is 5.49. The van der Waals surface area contributed by atoms with Crippen LogP contribution in [0.15, 0.2) is 30.5 Å². The molecule has 0 radical (unpaired) electrons. The maximum absolute atomic E-state index is 10.6. The molecule has 3 unspecified atom stereocenters. The van der Waals surface area contributed by atoms with Crippen LogP contribution in [-0.2, 0) is 0 Å². The lowest BCUT2D eigenvalue weighted by Crippen LogP contribution is -2.25. The van der Waals surface area contributed by atoms with E-state index in [2.05, 4.69) is 23.8 Å². The van der Waals surface area contributed by atoms with Gasteiger partial charge in [0.2, 0.25) is 0 Å². The average molecular weight is 270 g/mol. The van der Waals surface area contributed by atoms with E-state index in [0.29, 0.717) is 17.8 Å². The standard InChI is InChI=1S/C17H22N2O/c1-11-7-12(2)9-13(8-11)17(20)16-10-18-14-5-3-4-6-15(14)19-16/h3-6,10-13,17,20H,7-9H2,1-2H3. The number of aliphatic hydroxyl groups is 1. The number of hydrogen-bond acceptors (Lipinski definition) is 3. The van der Waals surface area contributed by atoms with Gasteiger partial charge in [0.25, 0.3) is 0 Å². The lowest BCUT2D eigenvalue weighted by molar-refractivity contribution is 0.0522. The van der Waals surface area contributed by atoms with Crippen molar-refractivity contribution >= 4 is 11.0 Å². The monoisotopic (exact) mass is 270 g/mol. The van der Waals surface area contributed by atoms with Gasteiger partial charge in [-0.3, -0.25) is 4.98 Å². The van der Waals surface area contributed by atoms with Crippen LogP contribution < -0.4 is 0 Å². The smallest absolute Gasteiger partial charge is 0.100 e. The molecule has 20 heavy (non-hydrogen) atoms. The molecule has 1 aromatic carbocycles. The highest BCUT2D eigenvalue weighted by Crippen LogP contribution is 2.39. The fourth-order valence-corrected chi connectivity index (χ4v) is 3.62. The van der Waals surface area contributed by atoms with E-state index >= 15 is 0 Å². The lowest BCUT2D eigenvalue weighted by atomic mass is 9.74. The van der Waals surface area contributed by atoms with Crippen LogP contribution in [0.1, 0.15) is 44.9 Å². The Bertz CT molecular complexity index is 588. The number of para-hydroxylation sites is 2. The summed E-state index contributed by atoms with van der Waals surface area (Å²) in [5.41, 5.74) is 2.46. The summed E-state index contributed by atoms with van der Waals surface area (Å²) in [4.78, 5) is 9.00. The van der Waals surface area contributed by atoms with Crippen LogP contribution in [0, 0.1) is 17.8 Å². The fraction of sp³-hybridized carbons (Fsp3) is 0.529. The summed E-state index contributed by atoms with van der Waals surface area (Å²) in [6.07, 6.45) is 4.68. The molecule has 0 bridgehead atoms. The van der Waals surface area contributed by atoms with Crippen molar-refractivity contribution in [1.29, 1.82) is 0 Å². The molecule has 1 aromatic heterocycles. The summed E-state index contributed by atoms with van der Waals surface area (Å²) in [5.74, 6) is 1.68. The Balaban J connectivity index is 1.86. The first kappa shape index (κ1) is 13.5. The first-order valence-electron chi connectivity index (χ1n) is 7.53. The highest BCUT2D eigenvalue weighted by Gasteiger charge is 2.30. The van der Waals surface area contributed by atoms with E-state index in [0.717, 1.165) is 29.6 Å². The lowest BCUT2D eigenvalue weighted by Gasteiger charge is -2.34. The van der Waals surface area contributed by atoms with Crippen LogP contribution >= 0.6 is 0 Å². The van der Waals surface area contributed by atoms with Crippen LogP contribution in [0.5, 0.6) is 0 Å². The van der Waals surface area contributed by atoms with Gasteiger partial charge in [0, 0.05) is 0 Å². The normalized spacial score (nSPS) is 28.4. The van der Waals surface area contributed by atoms with E-state index in [1.807, 2.05) is 24.3 Å². The zero-order valence-electron chi connectivity index (χ0n) is 12.2. The molecule has 1 saturated carbocycles. The molecule has 1 aliphatic rings. The van der Waals surface area contributed by atoms with Crippen molar-refractivity contribution < 1.29 is 5.11 Å². The van der Waals surface area contributed by atoms with Gasteiger partial charge in [-0.05, 0) is 49.1 Å². The van der Waals surface area contributed by atoms with Gasteiger partial charge in [-0.25, -0.2) is 4.98 Å². The Morgan fingerprint density at radius 1 is 1.05 bits per heavy atom. The zero-order chi connectivity index (χ0) is 14.1. The van der Waals surface area contributed by atoms with Gasteiger partial charge in [-0.15, -0.1) is 0 Å². The van der Waals surface area contributed by atoms with E-state index in [4.69, 9.17) is 0 Å². The van der Waals surface area contributed by atoms with E-state index in [9.17, 15) is 5.11 Å². The van der Waals surface area contributed by atoms with Gasteiger partial charge >= 0.3 is 0 Å². The Morgan fingerprint density at radius 2 is 1.70 bits per heavy atom. The fourth-order valence-electron chi connectivity index (χ4n) is 3.62. The quantitative estimate of drug-likeness (QED) is 0.904. The Kier molecular flexibility index (Phi) is 3.70. The van der Waals surface area contributed by atoms with Crippen molar-refractivity contribution in [3.05, 3.63) is 36.2 Å². The van der Waals surface area contributed by atoms with Crippen molar-refractivity contribution in [2.24, 2.45) is 17.8 Å². The van der Waals surface area contributed by atoms with Crippen LogP contribution in [0.25, 0.3) is 11.0 Å². The summed E-state index contributed by atoms with van der Waals surface area (Å²) >= 11 is 0. The average Bonchev–Trinajstić information content (AvgIpc) is 2.45. The Labute approximate surface area is 120 Å². The molecule has 3 heteroatoms. The minimum Gasteiger partial charge on any atom is -0.386 e. The molecule has 3 rings (SSSR count). The molecule has 3 atom stereocenters. The molecular formula is C17H22N2O. The van der Waals surface area contributed by atoms with Gasteiger partial charge in [-0.1, -0.05) is 26.0 Å². The first-order chi connectivity index (χ1) is 9.63. The van der Waals surface area contributed by atoms with Gasteiger partial charge in [0.05, 0.1) is 22.9 Å². The molecule has 106 valence electrons. The largest absolute Gasteiger partial charge is 0.386 e. The molecule has 1 fully saturated rings. The van der Waals surface area contributed by atoms with Crippen LogP contribution in [0.3, 0.4) is 0 Å². The van der Waals surface area contributed by atoms with Gasteiger partial charge in [0.15, 0.2) is 0 Å². The van der Waals surface area contributed by atoms with Crippen LogP contribution in [-0.4, -0.2) is 15.1 Å². The maximum atomic E-state index is 10.6. The molecular weight excluding hydrogens is 248 g/mol. The number of fused-ring (bicyclic) bond motifs is 1. The maximum Gasteiger partial charge on any atom is 0.100 e. The third kappa shape index (κ3) is 2.68. The summed E-state index contributed by atoms with van der Waals surface area (Å²) in [6.45, 7) is 4.56. The third-order valence-corrected chi connectivity index (χ3v) is 4.43. The van der Waals surface area contributed by atoms with Crippen molar-refractivity contribution in [1.82, 2.24) is 9.97 Å². The van der Waals surface area contributed by atoms with E-state index < -0.39 is 6.10 Å². The van der Waals surface area contributed by atoms with Crippen molar-refractivity contribution in [2.75, 3.05) is 0 Å². The highest BCUT2D eigenvalue weighted by molar-refractivity contribution is 5.73. The second-order valence-electron chi connectivity index (χ2n) is 6.41. The minimum atomic E-state index is -0.489. The molecule has 0 spiro atoms. The number of rotatable bonds is 2. The van der Waals surface area contributed by atoms with Crippen LogP contribution in [0.2, 0.25) is 0 Å². The SMILES string of the molecule is CC1CC(C)CC(C(O)c2cnc3ccccc3n2)C1. The van der Waals surface area contributed by atoms with Gasteiger partial charge in [-0.2, -0.15) is 0 Å². The molecule has 1 N–H and O–H groups in total.